The number of benzene rings is 1. The number of nitrogens with one attached hydrogen (secondary N) is 1. The molecule has 0 saturated carbocycles. The molecule has 0 radical (unpaired) electrons. The first kappa shape index (κ1) is 18.3. The van der Waals surface area contributed by atoms with E-state index in [2.05, 4.69) is 16.9 Å². The van der Waals surface area contributed by atoms with Crippen LogP contribution in [-0.2, 0) is 15.1 Å². The number of carbonyl (C=O) groups excluding carboxylic acids is 2. The Morgan fingerprint density at radius 2 is 2.00 bits per heavy atom. The fourth-order valence-corrected chi connectivity index (χ4v) is 3.82. The Hall–Kier alpha value is -2.51. The standard InChI is InChI=1S/C19H21N3O3S/c1-3-16(23)22(2)15-6-4-14(5-7-15)17(24)21-19(8-11-25-12-9-19)18-20-10-13-26-18/h3-7,10,13H,1,8-9,11-12H2,2H3,(H,21,24). The molecule has 1 aliphatic heterocycles. The maximum atomic E-state index is 12.8. The molecule has 2 heterocycles. The number of carbonyl (C=O) groups is 2. The molecule has 1 N–H and O–H groups in total. The average molecular weight is 371 g/mol. The summed E-state index contributed by atoms with van der Waals surface area (Å²) in [6.45, 7) is 4.66. The minimum Gasteiger partial charge on any atom is -0.381 e. The van der Waals surface area contributed by atoms with Gasteiger partial charge in [-0.05, 0) is 30.3 Å². The fourth-order valence-electron chi connectivity index (χ4n) is 2.96. The van der Waals surface area contributed by atoms with Gasteiger partial charge in [0.1, 0.15) is 5.01 Å². The number of thiazole rings is 1. The molecule has 1 aromatic heterocycles. The molecule has 1 saturated heterocycles. The van der Waals surface area contributed by atoms with Crippen LogP contribution in [0.2, 0.25) is 0 Å². The van der Waals surface area contributed by atoms with Gasteiger partial charge in [0.2, 0.25) is 5.91 Å². The first-order chi connectivity index (χ1) is 12.6. The van der Waals surface area contributed by atoms with Crippen molar-refractivity contribution in [3.05, 3.63) is 59.1 Å². The topological polar surface area (TPSA) is 71.5 Å². The van der Waals surface area contributed by atoms with Crippen LogP contribution < -0.4 is 10.2 Å². The summed E-state index contributed by atoms with van der Waals surface area (Å²) in [6.07, 6.45) is 4.40. The first-order valence-corrected chi connectivity index (χ1v) is 9.24. The number of hydrogen-bond acceptors (Lipinski definition) is 5. The van der Waals surface area contributed by atoms with Crippen molar-refractivity contribution in [2.24, 2.45) is 0 Å². The highest BCUT2D eigenvalue weighted by Crippen LogP contribution is 2.33. The van der Waals surface area contributed by atoms with E-state index in [1.165, 1.54) is 11.0 Å². The van der Waals surface area contributed by atoms with Crippen molar-refractivity contribution in [2.45, 2.75) is 18.4 Å². The van der Waals surface area contributed by atoms with Gasteiger partial charge in [0.25, 0.3) is 5.91 Å². The number of anilines is 1. The molecule has 1 aromatic carbocycles. The largest absolute Gasteiger partial charge is 0.381 e. The maximum Gasteiger partial charge on any atom is 0.252 e. The van der Waals surface area contributed by atoms with Crippen molar-refractivity contribution in [1.82, 2.24) is 10.3 Å². The van der Waals surface area contributed by atoms with Gasteiger partial charge < -0.3 is 15.0 Å². The van der Waals surface area contributed by atoms with E-state index in [0.29, 0.717) is 37.3 Å². The number of rotatable bonds is 5. The maximum absolute atomic E-state index is 12.8. The molecule has 0 aliphatic carbocycles. The van der Waals surface area contributed by atoms with Crippen molar-refractivity contribution < 1.29 is 14.3 Å². The van der Waals surface area contributed by atoms with Gasteiger partial charge in [-0.25, -0.2) is 4.98 Å². The van der Waals surface area contributed by atoms with Crippen LogP contribution in [0.25, 0.3) is 0 Å². The predicted molar refractivity (Wildman–Crippen MR) is 101 cm³/mol. The molecule has 0 atom stereocenters. The number of aromatic nitrogens is 1. The summed E-state index contributed by atoms with van der Waals surface area (Å²) in [4.78, 5) is 30.4. The van der Waals surface area contributed by atoms with Crippen LogP contribution in [-0.4, -0.2) is 37.1 Å². The van der Waals surface area contributed by atoms with Gasteiger partial charge in [-0.15, -0.1) is 11.3 Å². The summed E-state index contributed by atoms with van der Waals surface area (Å²) in [5, 5.41) is 5.99. The molecule has 7 heteroatoms. The van der Waals surface area contributed by atoms with E-state index in [-0.39, 0.29) is 11.8 Å². The molecule has 0 spiro atoms. The summed E-state index contributed by atoms with van der Waals surface area (Å²) in [5.41, 5.74) is 0.750. The summed E-state index contributed by atoms with van der Waals surface area (Å²) in [5.74, 6) is -0.363. The Bertz CT molecular complexity index is 781. The molecule has 2 amide bonds. The van der Waals surface area contributed by atoms with Gasteiger partial charge in [0.05, 0.1) is 5.54 Å². The zero-order valence-electron chi connectivity index (χ0n) is 14.6. The van der Waals surface area contributed by atoms with Gasteiger partial charge in [-0.2, -0.15) is 0 Å². The molecule has 26 heavy (non-hydrogen) atoms. The predicted octanol–water partition coefficient (Wildman–Crippen LogP) is 2.73. The molecule has 136 valence electrons. The zero-order valence-corrected chi connectivity index (χ0v) is 15.4. The lowest BCUT2D eigenvalue weighted by atomic mass is 9.90. The Morgan fingerprint density at radius 1 is 1.31 bits per heavy atom. The van der Waals surface area contributed by atoms with Gasteiger partial charge >= 0.3 is 0 Å². The number of nitrogens with zero attached hydrogens (tertiary/aromatic N) is 2. The molecular weight excluding hydrogens is 350 g/mol. The monoisotopic (exact) mass is 371 g/mol. The molecule has 1 fully saturated rings. The zero-order chi connectivity index (χ0) is 18.6. The third-order valence-electron chi connectivity index (χ3n) is 4.56. The van der Waals surface area contributed by atoms with Crippen LogP contribution in [0.5, 0.6) is 0 Å². The number of amides is 2. The van der Waals surface area contributed by atoms with E-state index in [0.717, 1.165) is 5.01 Å². The molecule has 3 rings (SSSR count). The fraction of sp³-hybridized carbons (Fsp3) is 0.316. The Labute approximate surface area is 156 Å². The molecule has 1 aliphatic rings. The second kappa shape index (κ2) is 7.80. The highest BCUT2D eigenvalue weighted by molar-refractivity contribution is 7.09. The lowest BCUT2D eigenvalue weighted by Gasteiger charge is -2.36. The van der Waals surface area contributed by atoms with Gasteiger partial charge in [-0.1, -0.05) is 6.58 Å². The van der Waals surface area contributed by atoms with Gasteiger partial charge in [-0.3, -0.25) is 9.59 Å². The lowest BCUT2D eigenvalue weighted by molar-refractivity contribution is -0.113. The SMILES string of the molecule is C=CC(=O)N(C)c1ccc(C(=O)NC2(c3nccs3)CCOCC2)cc1. The van der Waals surface area contributed by atoms with Gasteiger partial charge in [0, 0.05) is 55.9 Å². The average Bonchev–Trinajstić information content (AvgIpc) is 3.23. The molecule has 0 bridgehead atoms. The van der Waals surface area contributed by atoms with Crippen molar-refractivity contribution in [3.63, 3.8) is 0 Å². The Morgan fingerprint density at radius 3 is 2.58 bits per heavy atom. The van der Waals surface area contributed by atoms with Gasteiger partial charge in [0.15, 0.2) is 0 Å². The third-order valence-corrected chi connectivity index (χ3v) is 5.54. The second-order valence-electron chi connectivity index (χ2n) is 6.13. The molecular formula is C19H21N3O3S. The normalized spacial score (nSPS) is 15.9. The summed E-state index contributed by atoms with van der Waals surface area (Å²) in [7, 11) is 1.67. The minimum atomic E-state index is -0.488. The van der Waals surface area contributed by atoms with Crippen LogP contribution in [0, 0.1) is 0 Å². The van der Waals surface area contributed by atoms with E-state index in [4.69, 9.17) is 4.74 Å². The first-order valence-electron chi connectivity index (χ1n) is 8.36. The van der Waals surface area contributed by atoms with Crippen LogP contribution in [0.1, 0.15) is 28.2 Å². The third kappa shape index (κ3) is 3.68. The van der Waals surface area contributed by atoms with Crippen LogP contribution >= 0.6 is 11.3 Å². The van der Waals surface area contributed by atoms with Crippen LogP contribution in [0.4, 0.5) is 5.69 Å². The Kier molecular flexibility index (Phi) is 5.49. The van der Waals surface area contributed by atoms with Crippen LogP contribution in [0.3, 0.4) is 0 Å². The van der Waals surface area contributed by atoms with E-state index < -0.39 is 5.54 Å². The Balaban J connectivity index is 1.78. The van der Waals surface area contributed by atoms with E-state index >= 15 is 0 Å². The van der Waals surface area contributed by atoms with Crippen molar-refractivity contribution in [1.29, 1.82) is 0 Å². The summed E-state index contributed by atoms with van der Waals surface area (Å²) in [6, 6.07) is 6.92. The molecule has 6 nitrogen and oxygen atoms in total. The number of hydrogen-bond donors (Lipinski definition) is 1. The smallest absolute Gasteiger partial charge is 0.252 e. The lowest BCUT2D eigenvalue weighted by Crippen LogP contribution is -2.49. The van der Waals surface area contributed by atoms with Crippen molar-refractivity contribution >= 4 is 28.8 Å². The summed E-state index contributed by atoms with van der Waals surface area (Å²) < 4.78 is 5.47. The van der Waals surface area contributed by atoms with Crippen molar-refractivity contribution in [3.8, 4) is 0 Å². The van der Waals surface area contributed by atoms with E-state index in [1.54, 1.807) is 48.8 Å². The highest BCUT2D eigenvalue weighted by Gasteiger charge is 2.38. The second-order valence-corrected chi connectivity index (χ2v) is 7.03. The van der Waals surface area contributed by atoms with E-state index in [9.17, 15) is 9.59 Å². The number of likely N-dealkylation sites (N-methyl/N-ethyl adjacent to an activating group) is 1. The molecule has 0 unspecified atom stereocenters. The highest BCUT2D eigenvalue weighted by atomic mass is 32.1. The minimum absolute atomic E-state index is 0.161. The van der Waals surface area contributed by atoms with E-state index in [1.807, 2.05) is 5.38 Å². The molecule has 2 aromatic rings. The quantitative estimate of drug-likeness (QED) is 0.821. The van der Waals surface area contributed by atoms with Crippen molar-refractivity contribution in [2.75, 3.05) is 25.2 Å². The number of ether oxygens (including phenoxy) is 1. The van der Waals surface area contributed by atoms with Crippen LogP contribution in [0.15, 0.2) is 48.5 Å². The summed E-state index contributed by atoms with van der Waals surface area (Å²) >= 11 is 1.54.